The number of aldehydes is 1. The summed E-state index contributed by atoms with van der Waals surface area (Å²) in [6, 6.07) is 6.27. The summed E-state index contributed by atoms with van der Waals surface area (Å²) in [6.07, 6.45) is 3.20. The van der Waals surface area contributed by atoms with Crippen LogP contribution in [0.3, 0.4) is 0 Å². The zero-order valence-corrected chi connectivity index (χ0v) is 11.0. The van der Waals surface area contributed by atoms with Crippen LogP contribution in [0, 0.1) is 0 Å². The Hall–Kier alpha value is -2.43. The molecule has 0 N–H and O–H groups in total. The van der Waals surface area contributed by atoms with Crippen LogP contribution >= 0.6 is 0 Å². The summed E-state index contributed by atoms with van der Waals surface area (Å²) < 4.78 is 9.86. The number of esters is 2. The highest BCUT2D eigenvalue weighted by Gasteiger charge is 2.05. The van der Waals surface area contributed by atoms with E-state index in [-0.39, 0.29) is 19.0 Å². The van der Waals surface area contributed by atoms with Gasteiger partial charge in [-0.05, 0) is 37.1 Å². The van der Waals surface area contributed by atoms with E-state index < -0.39 is 5.97 Å². The maximum atomic E-state index is 11.5. The molecule has 0 radical (unpaired) electrons. The van der Waals surface area contributed by atoms with Gasteiger partial charge in [-0.2, -0.15) is 0 Å². The monoisotopic (exact) mass is 276 g/mol. The summed E-state index contributed by atoms with van der Waals surface area (Å²) in [5.74, 6) is -0.430. The number of rotatable bonds is 8. The normalized spacial score (nSPS) is 9.60. The maximum absolute atomic E-state index is 11.5. The van der Waals surface area contributed by atoms with E-state index in [0.717, 1.165) is 12.4 Å². The van der Waals surface area contributed by atoms with Crippen molar-refractivity contribution >= 4 is 18.2 Å². The minimum absolute atomic E-state index is 0.237. The largest absolute Gasteiger partial charge is 0.463 e. The third-order valence-corrected chi connectivity index (χ3v) is 2.43. The fourth-order valence-corrected chi connectivity index (χ4v) is 1.40. The molecule has 0 fully saturated rings. The Morgan fingerprint density at radius 1 is 1.15 bits per heavy atom. The van der Waals surface area contributed by atoms with Crippen molar-refractivity contribution in [2.24, 2.45) is 0 Å². The first-order valence-electron chi connectivity index (χ1n) is 6.21. The molecule has 0 spiro atoms. The first-order valence-corrected chi connectivity index (χ1v) is 6.21. The first kappa shape index (κ1) is 15.6. The van der Waals surface area contributed by atoms with Gasteiger partial charge in [0.25, 0.3) is 0 Å². The number of benzene rings is 1. The second kappa shape index (κ2) is 8.63. The van der Waals surface area contributed by atoms with Gasteiger partial charge in [0, 0.05) is 18.1 Å². The number of unbranched alkanes of at least 4 members (excludes halogenated alkanes) is 1. The van der Waals surface area contributed by atoms with Crippen molar-refractivity contribution < 1.29 is 23.9 Å². The zero-order valence-electron chi connectivity index (χ0n) is 11.0. The van der Waals surface area contributed by atoms with Gasteiger partial charge in [-0.1, -0.05) is 6.58 Å². The van der Waals surface area contributed by atoms with Crippen LogP contribution < -0.4 is 4.74 Å². The first-order chi connectivity index (χ1) is 9.65. The van der Waals surface area contributed by atoms with Crippen LogP contribution in [-0.4, -0.2) is 24.8 Å². The second-order valence-corrected chi connectivity index (χ2v) is 3.99. The molecule has 0 saturated heterocycles. The van der Waals surface area contributed by atoms with E-state index in [4.69, 9.17) is 9.47 Å². The molecule has 5 nitrogen and oxygen atoms in total. The highest BCUT2D eigenvalue weighted by molar-refractivity contribution is 5.81. The van der Waals surface area contributed by atoms with E-state index in [1.54, 1.807) is 24.3 Å². The molecule has 106 valence electrons. The van der Waals surface area contributed by atoms with Gasteiger partial charge in [-0.3, -0.25) is 9.59 Å². The minimum atomic E-state index is -0.470. The summed E-state index contributed by atoms with van der Waals surface area (Å²) in [4.78, 5) is 32.7. The quantitative estimate of drug-likeness (QED) is 0.239. The topological polar surface area (TPSA) is 69.7 Å². The number of hydrogen-bond donors (Lipinski definition) is 0. The van der Waals surface area contributed by atoms with E-state index in [2.05, 4.69) is 6.58 Å². The van der Waals surface area contributed by atoms with E-state index in [1.807, 2.05) is 0 Å². The van der Waals surface area contributed by atoms with Crippen molar-refractivity contribution in [3.05, 3.63) is 42.5 Å². The Balaban J connectivity index is 2.21. The molecule has 0 atom stereocenters. The van der Waals surface area contributed by atoms with Crippen LogP contribution in [0.2, 0.25) is 0 Å². The number of carbonyl (C=O) groups is 3. The lowest BCUT2D eigenvalue weighted by atomic mass is 10.2. The summed E-state index contributed by atoms with van der Waals surface area (Å²) in [6.45, 7) is 3.53. The molecule has 5 heteroatoms. The van der Waals surface area contributed by atoms with Crippen LogP contribution in [-0.2, 0) is 14.3 Å². The Kier molecular flexibility index (Phi) is 6.75. The molecule has 1 aromatic rings. The van der Waals surface area contributed by atoms with E-state index in [0.29, 0.717) is 24.2 Å². The van der Waals surface area contributed by atoms with Crippen molar-refractivity contribution in [1.82, 2.24) is 0 Å². The predicted octanol–water partition coefficient (Wildman–Crippen LogP) is 2.30. The third-order valence-electron chi connectivity index (χ3n) is 2.43. The average Bonchev–Trinajstić information content (AvgIpc) is 2.47. The second-order valence-electron chi connectivity index (χ2n) is 3.99. The molecule has 0 heterocycles. The van der Waals surface area contributed by atoms with Gasteiger partial charge in [0.2, 0.25) is 0 Å². The van der Waals surface area contributed by atoms with Gasteiger partial charge in [0.05, 0.1) is 6.61 Å². The third kappa shape index (κ3) is 5.95. The predicted molar refractivity (Wildman–Crippen MR) is 72.5 cm³/mol. The SMILES string of the molecule is C=CC(=O)OCCCCC(=O)Oc1ccc(C=O)cc1. The van der Waals surface area contributed by atoms with Crippen LogP contribution in [0.25, 0.3) is 0 Å². The van der Waals surface area contributed by atoms with Gasteiger partial charge in [0.1, 0.15) is 12.0 Å². The van der Waals surface area contributed by atoms with Crippen LogP contribution in [0.5, 0.6) is 5.75 Å². The molecule has 1 rings (SSSR count). The van der Waals surface area contributed by atoms with Crippen molar-refractivity contribution in [2.75, 3.05) is 6.61 Å². The van der Waals surface area contributed by atoms with Crippen LogP contribution in [0.15, 0.2) is 36.9 Å². The molecule has 0 aliphatic rings. The Bertz CT molecular complexity index is 476. The molecule has 0 aliphatic heterocycles. The lowest BCUT2D eigenvalue weighted by molar-refractivity contribution is -0.137. The summed E-state index contributed by atoms with van der Waals surface area (Å²) in [7, 11) is 0. The molecule has 0 aliphatic carbocycles. The van der Waals surface area contributed by atoms with Gasteiger partial charge < -0.3 is 9.47 Å². The Morgan fingerprint density at radius 2 is 1.85 bits per heavy atom. The standard InChI is InChI=1S/C15H16O5/c1-2-14(17)19-10-4-3-5-15(18)20-13-8-6-12(11-16)7-9-13/h2,6-9,11H,1,3-5,10H2. The fraction of sp³-hybridized carbons (Fsp3) is 0.267. The molecule has 0 amide bonds. The number of carbonyl (C=O) groups excluding carboxylic acids is 3. The van der Waals surface area contributed by atoms with Crippen molar-refractivity contribution in [2.45, 2.75) is 19.3 Å². The molecule has 0 unspecified atom stereocenters. The number of ether oxygens (including phenoxy) is 2. The van der Waals surface area contributed by atoms with Crippen molar-refractivity contribution in [1.29, 1.82) is 0 Å². The molecule has 0 saturated carbocycles. The van der Waals surface area contributed by atoms with Crippen LogP contribution in [0.4, 0.5) is 0 Å². The number of hydrogen-bond acceptors (Lipinski definition) is 5. The van der Waals surface area contributed by atoms with E-state index >= 15 is 0 Å². The van der Waals surface area contributed by atoms with Crippen LogP contribution in [0.1, 0.15) is 29.6 Å². The van der Waals surface area contributed by atoms with Crippen molar-refractivity contribution in [3.8, 4) is 5.75 Å². The van der Waals surface area contributed by atoms with E-state index in [9.17, 15) is 14.4 Å². The zero-order chi connectivity index (χ0) is 14.8. The summed E-state index contributed by atoms with van der Waals surface area (Å²) in [5.41, 5.74) is 0.522. The fourth-order valence-electron chi connectivity index (χ4n) is 1.40. The van der Waals surface area contributed by atoms with Gasteiger partial charge in [0.15, 0.2) is 0 Å². The lowest BCUT2D eigenvalue weighted by Crippen LogP contribution is -2.08. The molecular formula is C15H16O5. The van der Waals surface area contributed by atoms with Gasteiger partial charge >= 0.3 is 11.9 Å². The molecule has 20 heavy (non-hydrogen) atoms. The lowest BCUT2D eigenvalue weighted by Gasteiger charge is -2.04. The van der Waals surface area contributed by atoms with Gasteiger partial charge in [-0.25, -0.2) is 4.79 Å². The molecule has 0 aromatic heterocycles. The highest BCUT2D eigenvalue weighted by atomic mass is 16.5. The maximum Gasteiger partial charge on any atom is 0.330 e. The average molecular weight is 276 g/mol. The van der Waals surface area contributed by atoms with Crippen molar-refractivity contribution in [3.63, 3.8) is 0 Å². The molecule has 1 aromatic carbocycles. The van der Waals surface area contributed by atoms with E-state index in [1.165, 1.54) is 0 Å². The minimum Gasteiger partial charge on any atom is -0.463 e. The molecule has 0 bridgehead atoms. The summed E-state index contributed by atoms with van der Waals surface area (Å²) >= 11 is 0. The molecular weight excluding hydrogens is 260 g/mol. The van der Waals surface area contributed by atoms with Gasteiger partial charge in [-0.15, -0.1) is 0 Å². The Morgan fingerprint density at radius 3 is 2.45 bits per heavy atom. The Labute approximate surface area is 117 Å². The summed E-state index contributed by atoms with van der Waals surface area (Å²) in [5, 5.41) is 0. The highest BCUT2D eigenvalue weighted by Crippen LogP contribution is 2.12. The smallest absolute Gasteiger partial charge is 0.330 e.